The van der Waals surface area contributed by atoms with Gasteiger partial charge in [-0.2, -0.15) is 5.10 Å². The summed E-state index contributed by atoms with van der Waals surface area (Å²) in [6, 6.07) is 8.55. The summed E-state index contributed by atoms with van der Waals surface area (Å²) in [4.78, 5) is 23.9. The monoisotopic (exact) mass is 415 g/mol. The predicted octanol–water partition coefficient (Wildman–Crippen LogP) is 1.21. The lowest BCUT2D eigenvalue weighted by Crippen LogP contribution is -2.37. The highest BCUT2D eigenvalue weighted by molar-refractivity contribution is 6.35. The van der Waals surface area contributed by atoms with Crippen molar-refractivity contribution >= 4 is 18.0 Å². The van der Waals surface area contributed by atoms with E-state index in [-0.39, 0.29) is 13.3 Å². The molecule has 0 saturated heterocycles. The summed E-state index contributed by atoms with van der Waals surface area (Å²) in [6.45, 7) is 0.316. The van der Waals surface area contributed by atoms with Crippen LogP contribution in [0.2, 0.25) is 0 Å². The molecule has 0 saturated carbocycles. The molecule has 0 bridgehead atoms. The highest BCUT2D eigenvalue weighted by atomic mass is 16.7. The van der Waals surface area contributed by atoms with Gasteiger partial charge in [0.2, 0.25) is 12.5 Å². The van der Waals surface area contributed by atoms with Gasteiger partial charge in [0.25, 0.3) is 0 Å². The normalized spacial score (nSPS) is 11.8. The molecule has 2 amide bonds. The van der Waals surface area contributed by atoms with Crippen molar-refractivity contribution in [2.45, 2.75) is 6.54 Å². The Bertz CT molecular complexity index is 950. The van der Waals surface area contributed by atoms with Crippen LogP contribution in [-0.2, 0) is 16.1 Å². The summed E-state index contributed by atoms with van der Waals surface area (Å²) in [5.41, 5.74) is 3.51. The number of hydrazone groups is 1. The van der Waals surface area contributed by atoms with E-state index < -0.39 is 11.8 Å². The first-order valence-electron chi connectivity index (χ1n) is 8.85. The van der Waals surface area contributed by atoms with Crippen LogP contribution in [0.25, 0.3) is 0 Å². The molecule has 10 nitrogen and oxygen atoms in total. The van der Waals surface area contributed by atoms with Crippen molar-refractivity contribution in [2.24, 2.45) is 5.10 Å². The van der Waals surface area contributed by atoms with Crippen molar-refractivity contribution < 1.29 is 33.3 Å². The van der Waals surface area contributed by atoms with E-state index in [1.165, 1.54) is 27.5 Å². The maximum absolute atomic E-state index is 12.0. The summed E-state index contributed by atoms with van der Waals surface area (Å²) in [5, 5.41) is 6.31. The van der Waals surface area contributed by atoms with Crippen LogP contribution in [0.3, 0.4) is 0 Å². The molecule has 30 heavy (non-hydrogen) atoms. The quantitative estimate of drug-likeness (QED) is 0.397. The first-order chi connectivity index (χ1) is 14.5. The number of carbonyl (C=O) groups is 2. The number of methoxy groups -OCH3 is 3. The average molecular weight is 415 g/mol. The van der Waals surface area contributed by atoms with Gasteiger partial charge in [0, 0.05) is 12.1 Å². The number of ether oxygens (including phenoxy) is 5. The molecule has 0 fully saturated rings. The number of hydrogen-bond acceptors (Lipinski definition) is 8. The minimum Gasteiger partial charge on any atom is -0.493 e. The van der Waals surface area contributed by atoms with Gasteiger partial charge in [0.05, 0.1) is 27.5 Å². The molecule has 0 radical (unpaired) electrons. The molecule has 0 spiro atoms. The number of nitrogens with one attached hydrogen (secondary N) is 2. The standard InChI is InChI=1S/C20H21N3O7/c1-26-16-7-13(8-17(27-2)18(16)28-3)10-22-23-20(25)19(24)21-9-12-4-5-14-15(6-12)30-11-29-14/h4-8,10H,9,11H2,1-3H3,(H,21,24)(H,23,25). The third-order valence-electron chi connectivity index (χ3n) is 4.16. The molecule has 1 aliphatic heterocycles. The Hall–Kier alpha value is -3.95. The van der Waals surface area contributed by atoms with Crippen molar-refractivity contribution in [3.8, 4) is 28.7 Å². The van der Waals surface area contributed by atoms with Gasteiger partial charge in [-0.15, -0.1) is 0 Å². The minimum absolute atomic E-state index is 0.152. The van der Waals surface area contributed by atoms with E-state index in [1.54, 1.807) is 30.3 Å². The summed E-state index contributed by atoms with van der Waals surface area (Å²) in [7, 11) is 4.48. The number of amides is 2. The Balaban J connectivity index is 1.55. The van der Waals surface area contributed by atoms with Gasteiger partial charge in [-0.05, 0) is 29.8 Å². The number of hydrogen-bond donors (Lipinski definition) is 2. The summed E-state index contributed by atoms with van der Waals surface area (Å²) in [5.74, 6) is 0.820. The van der Waals surface area contributed by atoms with Crippen LogP contribution in [0.4, 0.5) is 0 Å². The van der Waals surface area contributed by atoms with Gasteiger partial charge >= 0.3 is 11.8 Å². The zero-order chi connectivity index (χ0) is 21.5. The molecule has 2 aromatic carbocycles. The molecule has 1 aliphatic rings. The lowest BCUT2D eigenvalue weighted by molar-refractivity contribution is -0.139. The molecule has 1 heterocycles. The fourth-order valence-electron chi connectivity index (χ4n) is 2.71. The number of carbonyl (C=O) groups excluding carboxylic acids is 2. The third-order valence-corrected chi connectivity index (χ3v) is 4.16. The number of fused-ring (bicyclic) bond motifs is 1. The van der Waals surface area contributed by atoms with Gasteiger partial charge in [0.15, 0.2) is 23.0 Å². The molecule has 10 heteroatoms. The molecular formula is C20H21N3O7. The van der Waals surface area contributed by atoms with E-state index in [2.05, 4.69) is 15.8 Å². The summed E-state index contributed by atoms with van der Waals surface area (Å²) >= 11 is 0. The first-order valence-corrected chi connectivity index (χ1v) is 8.85. The Morgan fingerprint density at radius 3 is 2.37 bits per heavy atom. The smallest absolute Gasteiger partial charge is 0.329 e. The fraction of sp³-hybridized carbons (Fsp3) is 0.250. The van der Waals surface area contributed by atoms with E-state index in [0.29, 0.717) is 34.3 Å². The van der Waals surface area contributed by atoms with Crippen molar-refractivity contribution in [2.75, 3.05) is 28.1 Å². The third kappa shape index (κ3) is 4.72. The van der Waals surface area contributed by atoms with E-state index in [1.807, 2.05) is 0 Å². The zero-order valence-electron chi connectivity index (χ0n) is 16.7. The largest absolute Gasteiger partial charge is 0.493 e. The SMILES string of the molecule is COc1cc(C=NNC(=O)C(=O)NCc2ccc3c(c2)OCO3)cc(OC)c1OC. The second-order valence-electron chi connectivity index (χ2n) is 6.03. The molecule has 2 aromatic rings. The van der Waals surface area contributed by atoms with Gasteiger partial charge in [-0.1, -0.05) is 6.07 Å². The lowest BCUT2D eigenvalue weighted by Gasteiger charge is -2.12. The number of benzene rings is 2. The number of rotatable bonds is 7. The highest BCUT2D eigenvalue weighted by Crippen LogP contribution is 2.37. The Labute approximate surface area is 172 Å². The van der Waals surface area contributed by atoms with Crippen LogP contribution < -0.4 is 34.4 Å². The van der Waals surface area contributed by atoms with Gasteiger partial charge in [-0.25, -0.2) is 5.43 Å². The topological polar surface area (TPSA) is 117 Å². The van der Waals surface area contributed by atoms with E-state index >= 15 is 0 Å². The van der Waals surface area contributed by atoms with E-state index in [0.717, 1.165) is 5.56 Å². The second-order valence-corrected chi connectivity index (χ2v) is 6.03. The van der Waals surface area contributed by atoms with Crippen LogP contribution in [0.15, 0.2) is 35.4 Å². The average Bonchev–Trinajstić information content (AvgIpc) is 3.24. The lowest BCUT2D eigenvalue weighted by atomic mass is 10.2. The maximum Gasteiger partial charge on any atom is 0.329 e. The van der Waals surface area contributed by atoms with Crippen molar-refractivity contribution in [3.05, 3.63) is 41.5 Å². The van der Waals surface area contributed by atoms with Crippen LogP contribution in [0.5, 0.6) is 28.7 Å². The zero-order valence-corrected chi connectivity index (χ0v) is 16.7. The fourth-order valence-corrected chi connectivity index (χ4v) is 2.71. The Morgan fingerprint density at radius 1 is 1.00 bits per heavy atom. The Kier molecular flexibility index (Phi) is 6.58. The molecule has 0 aromatic heterocycles. The van der Waals surface area contributed by atoms with Crippen LogP contribution in [0.1, 0.15) is 11.1 Å². The highest BCUT2D eigenvalue weighted by Gasteiger charge is 2.16. The van der Waals surface area contributed by atoms with Crippen molar-refractivity contribution in [3.63, 3.8) is 0 Å². The second kappa shape index (κ2) is 9.50. The molecule has 158 valence electrons. The van der Waals surface area contributed by atoms with E-state index in [4.69, 9.17) is 23.7 Å². The van der Waals surface area contributed by atoms with Gasteiger partial charge in [0.1, 0.15) is 0 Å². The molecule has 0 aliphatic carbocycles. The molecular weight excluding hydrogens is 394 g/mol. The summed E-state index contributed by atoms with van der Waals surface area (Å²) in [6.07, 6.45) is 1.35. The molecule has 0 atom stereocenters. The summed E-state index contributed by atoms with van der Waals surface area (Å²) < 4.78 is 26.3. The van der Waals surface area contributed by atoms with Crippen LogP contribution in [0, 0.1) is 0 Å². The molecule has 3 rings (SSSR count). The minimum atomic E-state index is -0.903. The van der Waals surface area contributed by atoms with Gasteiger partial charge in [-0.3, -0.25) is 9.59 Å². The van der Waals surface area contributed by atoms with Gasteiger partial charge < -0.3 is 29.0 Å². The Morgan fingerprint density at radius 2 is 1.70 bits per heavy atom. The molecule has 2 N–H and O–H groups in total. The van der Waals surface area contributed by atoms with Crippen LogP contribution in [-0.4, -0.2) is 46.2 Å². The first kappa shape index (κ1) is 20.8. The molecule has 0 unspecified atom stereocenters. The number of nitrogens with zero attached hydrogens (tertiary/aromatic N) is 1. The van der Waals surface area contributed by atoms with Crippen molar-refractivity contribution in [1.82, 2.24) is 10.7 Å². The van der Waals surface area contributed by atoms with Crippen molar-refractivity contribution in [1.29, 1.82) is 0 Å². The predicted molar refractivity (Wildman–Crippen MR) is 106 cm³/mol. The van der Waals surface area contributed by atoms with E-state index in [9.17, 15) is 9.59 Å². The van der Waals surface area contributed by atoms with Crippen LogP contribution >= 0.6 is 0 Å². The maximum atomic E-state index is 12.0.